The van der Waals surface area contributed by atoms with E-state index in [1.165, 1.54) is 0 Å². The number of amides is 2. The van der Waals surface area contributed by atoms with Crippen LogP contribution >= 0.6 is 11.6 Å². The van der Waals surface area contributed by atoms with Gasteiger partial charge in [0, 0.05) is 35.4 Å². The fraction of sp³-hybridized carbons (Fsp3) is 0.227. The zero-order valence-corrected chi connectivity index (χ0v) is 17.4. The van der Waals surface area contributed by atoms with Gasteiger partial charge in [-0.05, 0) is 50.2 Å². The normalized spacial score (nSPS) is 10.6. The fourth-order valence-electron chi connectivity index (χ4n) is 3.04. The maximum absolute atomic E-state index is 12.5. The number of halogens is 1. The molecule has 0 aliphatic heterocycles. The van der Waals surface area contributed by atoms with Crippen LogP contribution in [0.5, 0.6) is 0 Å². The van der Waals surface area contributed by atoms with Crippen LogP contribution in [-0.4, -0.2) is 40.1 Å². The number of aryl methyl sites for hydroxylation is 1. The van der Waals surface area contributed by atoms with Crippen LogP contribution in [0.1, 0.15) is 27.3 Å². The molecule has 0 spiro atoms. The number of aromatic nitrogens is 2. The lowest BCUT2D eigenvalue weighted by Crippen LogP contribution is -2.38. The number of benzene rings is 2. The van der Waals surface area contributed by atoms with Gasteiger partial charge in [0.15, 0.2) is 0 Å². The van der Waals surface area contributed by atoms with E-state index in [2.05, 4.69) is 10.4 Å². The quantitative estimate of drug-likeness (QED) is 0.676. The summed E-state index contributed by atoms with van der Waals surface area (Å²) in [6.07, 6.45) is 0. The number of para-hydroxylation sites is 1. The molecule has 7 heteroatoms. The molecule has 2 amide bonds. The Morgan fingerprint density at radius 3 is 2.38 bits per heavy atom. The van der Waals surface area contributed by atoms with Gasteiger partial charge in [-0.3, -0.25) is 9.59 Å². The lowest BCUT2D eigenvalue weighted by Gasteiger charge is -2.18. The zero-order chi connectivity index (χ0) is 21.0. The summed E-state index contributed by atoms with van der Waals surface area (Å²) in [7, 11) is 1.72. The Morgan fingerprint density at radius 2 is 1.72 bits per heavy atom. The Morgan fingerprint density at radius 1 is 1.07 bits per heavy atom. The van der Waals surface area contributed by atoms with Crippen molar-refractivity contribution >= 4 is 23.4 Å². The first-order valence-corrected chi connectivity index (χ1v) is 9.63. The molecule has 29 heavy (non-hydrogen) atoms. The standard InChI is InChI=1S/C22H23ClN4O2/c1-15-20(16(2)27(25-15)19-7-5-4-6-8-19)14-26(3)21(28)13-24-22(29)17-9-11-18(23)12-10-17/h4-12H,13-14H2,1-3H3,(H,24,29). The number of carbonyl (C=O) groups is 2. The summed E-state index contributed by atoms with van der Waals surface area (Å²) >= 11 is 5.83. The smallest absolute Gasteiger partial charge is 0.251 e. The number of hydrogen-bond donors (Lipinski definition) is 1. The second kappa shape index (κ2) is 8.92. The van der Waals surface area contributed by atoms with E-state index in [9.17, 15) is 9.59 Å². The van der Waals surface area contributed by atoms with Crippen molar-refractivity contribution in [2.75, 3.05) is 13.6 Å². The van der Waals surface area contributed by atoms with Gasteiger partial charge in [-0.1, -0.05) is 29.8 Å². The van der Waals surface area contributed by atoms with Gasteiger partial charge >= 0.3 is 0 Å². The highest BCUT2D eigenvalue weighted by Crippen LogP contribution is 2.19. The minimum Gasteiger partial charge on any atom is -0.343 e. The molecule has 0 bridgehead atoms. The Hall–Kier alpha value is -3.12. The third-order valence-corrected chi connectivity index (χ3v) is 5.02. The van der Waals surface area contributed by atoms with E-state index in [0.29, 0.717) is 17.1 Å². The second-order valence-electron chi connectivity index (χ2n) is 6.84. The van der Waals surface area contributed by atoms with Crippen molar-refractivity contribution in [1.29, 1.82) is 0 Å². The van der Waals surface area contributed by atoms with Crippen molar-refractivity contribution in [3.63, 3.8) is 0 Å². The fourth-order valence-corrected chi connectivity index (χ4v) is 3.17. The van der Waals surface area contributed by atoms with Crippen LogP contribution in [0.15, 0.2) is 54.6 Å². The van der Waals surface area contributed by atoms with E-state index in [0.717, 1.165) is 22.6 Å². The number of likely N-dealkylation sites (N-methyl/N-ethyl adjacent to an activating group) is 1. The van der Waals surface area contributed by atoms with Crippen molar-refractivity contribution in [2.45, 2.75) is 20.4 Å². The van der Waals surface area contributed by atoms with Gasteiger partial charge in [-0.25, -0.2) is 4.68 Å². The molecule has 1 heterocycles. The van der Waals surface area contributed by atoms with E-state index < -0.39 is 0 Å². The Labute approximate surface area is 175 Å². The monoisotopic (exact) mass is 410 g/mol. The third-order valence-electron chi connectivity index (χ3n) is 4.77. The van der Waals surface area contributed by atoms with Crippen molar-refractivity contribution in [1.82, 2.24) is 20.0 Å². The summed E-state index contributed by atoms with van der Waals surface area (Å²) in [5.74, 6) is -0.494. The van der Waals surface area contributed by atoms with Crippen LogP contribution in [0.4, 0.5) is 0 Å². The van der Waals surface area contributed by atoms with Gasteiger partial charge < -0.3 is 10.2 Å². The largest absolute Gasteiger partial charge is 0.343 e. The predicted molar refractivity (Wildman–Crippen MR) is 113 cm³/mol. The summed E-state index contributed by atoms with van der Waals surface area (Å²) < 4.78 is 1.88. The van der Waals surface area contributed by atoms with Gasteiger partial charge in [-0.2, -0.15) is 5.10 Å². The molecule has 0 saturated heterocycles. The average Bonchev–Trinajstić information content (AvgIpc) is 3.01. The molecule has 0 radical (unpaired) electrons. The number of carbonyl (C=O) groups excluding carboxylic acids is 2. The molecule has 0 unspecified atom stereocenters. The lowest BCUT2D eigenvalue weighted by molar-refractivity contribution is -0.129. The molecule has 3 aromatic rings. The van der Waals surface area contributed by atoms with Crippen molar-refractivity contribution in [3.8, 4) is 5.69 Å². The highest BCUT2D eigenvalue weighted by molar-refractivity contribution is 6.30. The molecule has 3 rings (SSSR count). The summed E-state index contributed by atoms with van der Waals surface area (Å²) in [6.45, 7) is 4.26. The van der Waals surface area contributed by atoms with Crippen LogP contribution in [0.3, 0.4) is 0 Å². The molecular weight excluding hydrogens is 388 g/mol. The number of nitrogens with zero attached hydrogens (tertiary/aromatic N) is 3. The van der Waals surface area contributed by atoms with Gasteiger partial charge in [0.2, 0.25) is 5.91 Å². The van der Waals surface area contributed by atoms with Crippen LogP contribution in [0.25, 0.3) is 5.69 Å². The van der Waals surface area contributed by atoms with Crippen molar-refractivity contribution in [2.24, 2.45) is 0 Å². The maximum atomic E-state index is 12.5. The molecular formula is C22H23ClN4O2. The summed E-state index contributed by atoms with van der Waals surface area (Å²) in [5, 5.41) is 7.82. The average molecular weight is 411 g/mol. The van der Waals surface area contributed by atoms with E-state index in [4.69, 9.17) is 11.6 Å². The van der Waals surface area contributed by atoms with E-state index >= 15 is 0 Å². The highest BCUT2D eigenvalue weighted by atomic mass is 35.5. The topological polar surface area (TPSA) is 67.2 Å². The summed E-state index contributed by atoms with van der Waals surface area (Å²) in [6, 6.07) is 16.4. The Kier molecular flexibility index (Phi) is 6.34. The van der Waals surface area contributed by atoms with E-state index in [1.807, 2.05) is 48.9 Å². The van der Waals surface area contributed by atoms with Crippen LogP contribution < -0.4 is 5.32 Å². The lowest BCUT2D eigenvalue weighted by atomic mass is 10.2. The summed E-state index contributed by atoms with van der Waals surface area (Å²) in [4.78, 5) is 26.3. The number of rotatable bonds is 6. The molecule has 150 valence electrons. The summed E-state index contributed by atoms with van der Waals surface area (Å²) in [5.41, 5.74) is 4.28. The zero-order valence-electron chi connectivity index (χ0n) is 16.6. The first-order chi connectivity index (χ1) is 13.9. The molecule has 0 aliphatic carbocycles. The van der Waals surface area contributed by atoms with E-state index in [1.54, 1.807) is 36.2 Å². The molecule has 6 nitrogen and oxygen atoms in total. The molecule has 0 saturated carbocycles. The van der Waals surface area contributed by atoms with Crippen LogP contribution in [0.2, 0.25) is 5.02 Å². The number of nitrogens with one attached hydrogen (secondary N) is 1. The van der Waals surface area contributed by atoms with Gasteiger partial charge in [-0.15, -0.1) is 0 Å². The van der Waals surface area contributed by atoms with Crippen molar-refractivity contribution < 1.29 is 9.59 Å². The van der Waals surface area contributed by atoms with Crippen molar-refractivity contribution in [3.05, 3.63) is 82.1 Å². The highest BCUT2D eigenvalue weighted by Gasteiger charge is 2.18. The van der Waals surface area contributed by atoms with Gasteiger partial charge in [0.25, 0.3) is 5.91 Å². The second-order valence-corrected chi connectivity index (χ2v) is 7.27. The first kappa shape index (κ1) is 20.6. The predicted octanol–water partition coefficient (Wildman–Crippen LogP) is 3.53. The van der Waals surface area contributed by atoms with Gasteiger partial charge in [0.1, 0.15) is 0 Å². The minimum absolute atomic E-state index is 0.0805. The molecule has 0 aliphatic rings. The van der Waals surface area contributed by atoms with Gasteiger partial charge in [0.05, 0.1) is 17.9 Å². The van der Waals surface area contributed by atoms with Crippen LogP contribution in [-0.2, 0) is 11.3 Å². The SMILES string of the molecule is Cc1nn(-c2ccccc2)c(C)c1CN(C)C(=O)CNC(=O)c1ccc(Cl)cc1. The Balaban J connectivity index is 1.63. The third kappa shape index (κ3) is 4.84. The molecule has 2 aromatic carbocycles. The van der Waals surface area contributed by atoms with Crippen LogP contribution in [0, 0.1) is 13.8 Å². The first-order valence-electron chi connectivity index (χ1n) is 9.25. The molecule has 1 aromatic heterocycles. The Bertz CT molecular complexity index is 1010. The molecule has 0 atom stereocenters. The maximum Gasteiger partial charge on any atom is 0.251 e. The number of hydrogen-bond acceptors (Lipinski definition) is 3. The molecule has 1 N–H and O–H groups in total. The minimum atomic E-state index is -0.312. The molecule has 0 fully saturated rings. The van der Waals surface area contributed by atoms with E-state index in [-0.39, 0.29) is 18.4 Å².